The van der Waals surface area contributed by atoms with E-state index < -0.39 is 12.1 Å². The van der Waals surface area contributed by atoms with E-state index >= 15 is 0 Å². The summed E-state index contributed by atoms with van der Waals surface area (Å²) in [5.41, 5.74) is 1.55. The van der Waals surface area contributed by atoms with Crippen LogP contribution in [0.5, 0.6) is 0 Å². The Labute approximate surface area is 108 Å². The van der Waals surface area contributed by atoms with Gasteiger partial charge in [-0.05, 0) is 24.3 Å². The van der Waals surface area contributed by atoms with Crippen LogP contribution in [0.4, 0.5) is 0 Å². The SMILES string of the molecule is O=C(O)C1CO1.c1ccc(C2CCCCC2)cc1. The van der Waals surface area contributed by atoms with Crippen molar-refractivity contribution in [1.82, 2.24) is 0 Å². The third-order valence-corrected chi connectivity index (χ3v) is 3.48. The molecule has 2 aliphatic rings. The van der Waals surface area contributed by atoms with Crippen molar-refractivity contribution in [2.24, 2.45) is 0 Å². The molecule has 1 aliphatic carbocycles. The summed E-state index contributed by atoms with van der Waals surface area (Å²) in [6.07, 6.45) is 6.64. The highest BCUT2D eigenvalue weighted by atomic mass is 16.6. The van der Waals surface area contributed by atoms with Gasteiger partial charge in [0.1, 0.15) is 0 Å². The van der Waals surface area contributed by atoms with E-state index in [1.165, 1.54) is 32.1 Å². The Morgan fingerprint density at radius 3 is 2.17 bits per heavy atom. The number of hydrogen-bond acceptors (Lipinski definition) is 2. The lowest BCUT2D eigenvalue weighted by Gasteiger charge is -2.21. The second-order valence-corrected chi connectivity index (χ2v) is 4.91. The minimum Gasteiger partial charge on any atom is -0.479 e. The minimum absolute atomic E-state index is 0.398. The molecule has 2 fully saturated rings. The maximum Gasteiger partial charge on any atom is 0.335 e. The molecule has 18 heavy (non-hydrogen) atoms. The van der Waals surface area contributed by atoms with Crippen LogP contribution in [0.15, 0.2) is 30.3 Å². The van der Waals surface area contributed by atoms with Crippen LogP contribution in [0.1, 0.15) is 43.6 Å². The van der Waals surface area contributed by atoms with Gasteiger partial charge in [-0.3, -0.25) is 0 Å². The van der Waals surface area contributed by atoms with Crippen molar-refractivity contribution < 1.29 is 14.6 Å². The zero-order valence-electron chi connectivity index (χ0n) is 10.5. The first-order valence-corrected chi connectivity index (χ1v) is 6.66. The Morgan fingerprint density at radius 1 is 1.11 bits per heavy atom. The first-order valence-electron chi connectivity index (χ1n) is 6.66. The van der Waals surface area contributed by atoms with E-state index in [2.05, 4.69) is 35.1 Å². The predicted molar refractivity (Wildman–Crippen MR) is 69.6 cm³/mol. The van der Waals surface area contributed by atoms with Crippen LogP contribution in [0.3, 0.4) is 0 Å². The normalized spacial score (nSPS) is 22.8. The van der Waals surface area contributed by atoms with Crippen LogP contribution in [0, 0.1) is 0 Å². The largest absolute Gasteiger partial charge is 0.479 e. The highest BCUT2D eigenvalue weighted by molar-refractivity contribution is 5.74. The van der Waals surface area contributed by atoms with Gasteiger partial charge in [-0.2, -0.15) is 0 Å². The Kier molecular flexibility index (Phi) is 4.76. The van der Waals surface area contributed by atoms with Crippen LogP contribution >= 0.6 is 0 Å². The summed E-state index contributed by atoms with van der Waals surface area (Å²) >= 11 is 0. The van der Waals surface area contributed by atoms with E-state index in [-0.39, 0.29) is 0 Å². The van der Waals surface area contributed by atoms with Crippen LogP contribution in [0.25, 0.3) is 0 Å². The number of aliphatic carboxylic acids is 1. The summed E-state index contributed by atoms with van der Waals surface area (Å²) < 4.78 is 4.37. The third-order valence-electron chi connectivity index (χ3n) is 3.48. The molecule has 1 unspecified atom stereocenters. The van der Waals surface area contributed by atoms with Gasteiger partial charge in [0.05, 0.1) is 6.61 Å². The van der Waals surface area contributed by atoms with Gasteiger partial charge in [-0.15, -0.1) is 0 Å². The summed E-state index contributed by atoms with van der Waals surface area (Å²) in [5.74, 6) is 0.00921. The quantitative estimate of drug-likeness (QED) is 0.818. The lowest BCUT2D eigenvalue weighted by atomic mass is 9.84. The number of hydrogen-bond donors (Lipinski definition) is 1. The van der Waals surface area contributed by atoms with Gasteiger partial charge in [0.15, 0.2) is 6.10 Å². The summed E-state index contributed by atoms with van der Waals surface area (Å²) in [5, 5.41) is 7.93. The monoisotopic (exact) mass is 248 g/mol. The van der Waals surface area contributed by atoms with Gasteiger partial charge < -0.3 is 9.84 Å². The zero-order valence-corrected chi connectivity index (χ0v) is 10.5. The molecule has 3 heteroatoms. The van der Waals surface area contributed by atoms with Crippen molar-refractivity contribution in [2.45, 2.75) is 44.1 Å². The highest BCUT2D eigenvalue weighted by Crippen LogP contribution is 2.32. The fraction of sp³-hybridized carbons (Fsp3) is 0.533. The van der Waals surface area contributed by atoms with Crippen molar-refractivity contribution in [1.29, 1.82) is 0 Å². The fourth-order valence-corrected chi connectivity index (χ4v) is 2.35. The van der Waals surface area contributed by atoms with Crippen molar-refractivity contribution >= 4 is 5.97 Å². The number of epoxide rings is 1. The molecule has 0 radical (unpaired) electrons. The molecule has 98 valence electrons. The van der Waals surface area contributed by atoms with Crippen LogP contribution in [-0.4, -0.2) is 23.8 Å². The molecule has 0 amide bonds. The molecule has 1 aliphatic heterocycles. The molecule has 1 heterocycles. The van der Waals surface area contributed by atoms with E-state index in [0.29, 0.717) is 6.61 Å². The van der Waals surface area contributed by atoms with Gasteiger partial charge in [0, 0.05) is 0 Å². The molecular formula is C15H20O3. The van der Waals surface area contributed by atoms with Crippen molar-refractivity contribution in [3.05, 3.63) is 35.9 Å². The average molecular weight is 248 g/mol. The van der Waals surface area contributed by atoms with E-state index in [4.69, 9.17) is 5.11 Å². The number of benzene rings is 1. The Balaban J connectivity index is 0.000000169. The lowest BCUT2D eigenvalue weighted by Crippen LogP contribution is -2.03. The maximum absolute atomic E-state index is 9.64. The molecule has 3 nitrogen and oxygen atoms in total. The molecule has 1 saturated carbocycles. The number of carboxylic acid groups (broad SMARTS) is 1. The second kappa shape index (κ2) is 6.55. The molecule has 1 aromatic carbocycles. The van der Waals surface area contributed by atoms with Gasteiger partial charge in [0.2, 0.25) is 0 Å². The van der Waals surface area contributed by atoms with Gasteiger partial charge >= 0.3 is 5.97 Å². The topological polar surface area (TPSA) is 49.8 Å². The molecule has 1 atom stereocenters. The maximum atomic E-state index is 9.64. The summed E-state index contributed by atoms with van der Waals surface area (Å²) in [6.45, 7) is 0.398. The summed E-state index contributed by atoms with van der Waals surface area (Å²) in [6, 6.07) is 11.0. The molecule has 1 saturated heterocycles. The van der Waals surface area contributed by atoms with Gasteiger partial charge in [-0.1, -0.05) is 49.6 Å². The first kappa shape index (κ1) is 13.1. The van der Waals surface area contributed by atoms with Crippen molar-refractivity contribution in [3.8, 4) is 0 Å². The first-order chi connectivity index (χ1) is 8.77. The third kappa shape index (κ3) is 4.15. The van der Waals surface area contributed by atoms with Gasteiger partial charge in [0.25, 0.3) is 0 Å². The molecular weight excluding hydrogens is 228 g/mol. The number of carbonyl (C=O) groups is 1. The van der Waals surface area contributed by atoms with Crippen LogP contribution in [-0.2, 0) is 9.53 Å². The number of carboxylic acids is 1. The predicted octanol–water partition coefficient (Wildman–Crippen LogP) is 3.20. The Hall–Kier alpha value is -1.35. The van der Waals surface area contributed by atoms with E-state index in [1.807, 2.05) is 0 Å². The molecule has 0 aromatic heterocycles. The van der Waals surface area contributed by atoms with E-state index in [1.54, 1.807) is 5.56 Å². The Morgan fingerprint density at radius 2 is 1.72 bits per heavy atom. The molecule has 0 spiro atoms. The highest BCUT2D eigenvalue weighted by Gasteiger charge is 2.30. The molecule has 0 bridgehead atoms. The summed E-state index contributed by atoms with van der Waals surface area (Å²) in [7, 11) is 0. The standard InChI is InChI=1S/C12H16.C3H4O3/c1-3-7-11(8-4-1)12-9-5-2-6-10-12;4-3(5)2-1-6-2/h1,3-4,7-8,12H,2,5-6,9-10H2;2H,1H2,(H,4,5). The fourth-order valence-electron chi connectivity index (χ4n) is 2.35. The van der Waals surface area contributed by atoms with E-state index in [9.17, 15) is 4.79 Å². The number of ether oxygens (including phenoxy) is 1. The van der Waals surface area contributed by atoms with Crippen LogP contribution in [0.2, 0.25) is 0 Å². The second-order valence-electron chi connectivity index (χ2n) is 4.91. The van der Waals surface area contributed by atoms with Crippen LogP contribution < -0.4 is 0 Å². The zero-order chi connectivity index (χ0) is 12.8. The van der Waals surface area contributed by atoms with Crippen molar-refractivity contribution in [3.63, 3.8) is 0 Å². The smallest absolute Gasteiger partial charge is 0.335 e. The molecule has 1 N–H and O–H groups in total. The minimum atomic E-state index is -0.852. The lowest BCUT2D eigenvalue weighted by molar-refractivity contribution is -0.138. The summed E-state index contributed by atoms with van der Waals surface area (Å²) in [4.78, 5) is 9.64. The number of rotatable bonds is 2. The van der Waals surface area contributed by atoms with Gasteiger partial charge in [-0.25, -0.2) is 4.79 Å². The Bertz CT molecular complexity index is 365. The molecule has 3 rings (SSSR count). The average Bonchev–Trinajstić information content (AvgIpc) is 3.26. The van der Waals surface area contributed by atoms with E-state index in [0.717, 1.165) is 5.92 Å². The van der Waals surface area contributed by atoms with Crippen molar-refractivity contribution in [2.75, 3.05) is 6.61 Å². The molecule has 1 aromatic rings.